The van der Waals surface area contributed by atoms with Crippen molar-refractivity contribution in [3.63, 3.8) is 0 Å². The van der Waals surface area contributed by atoms with Crippen LogP contribution in [0.25, 0.3) is 0 Å². The minimum Gasteiger partial charge on any atom is -0.508 e. The van der Waals surface area contributed by atoms with Crippen LogP contribution in [-0.4, -0.2) is 30.0 Å². The SMILES string of the molecule is C=C(C)COCCNCc1ccc(O)cc1O. The van der Waals surface area contributed by atoms with Gasteiger partial charge in [0, 0.05) is 24.7 Å². The average Bonchev–Trinajstić information content (AvgIpc) is 2.25. The van der Waals surface area contributed by atoms with Crippen LogP contribution in [0.15, 0.2) is 30.4 Å². The molecular weight excluding hydrogens is 218 g/mol. The summed E-state index contributed by atoms with van der Waals surface area (Å²) in [5.41, 5.74) is 1.75. The summed E-state index contributed by atoms with van der Waals surface area (Å²) < 4.78 is 5.32. The highest BCUT2D eigenvalue weighted by Crippen LogP contribution is 2.21. The first-order valence-corrected chi connectivity index (χ1v) is 5.53. The highest BCUT2D eigenvalue weighted by Gasteiger charge is 2.01. The van der Waals surface area contributed by atoms with Gasteiger partial charge < -0.3 is 20.3 Å². The largest absolute Gasteiger partial charge is 0.508 e. The number of phenols is 2. The molecule has 0 amide bonds. The van der Waals surface area contributed by atoms with Crippen molar-refractivity contribution in [2.75, 3.05) is 19.8 Å². The topological polar surface area (TPSA) is 61.7 Å². The molecule has 4 heteroatoms. The molecule has 17 heavy (non-hydrogen) atoms. The summed E-state index contributed by atoms with van der Waals surface area (Å²) in [6.07, 6.45) is 0. The van der Waals surface area contributed by atoms with Crippen molar-refractivity contribution in [2.45, 2.75) is 13.5 Å². The highest BCUT2D eigenvalue weighted by atomic mass is 16.5. The van der Waals surface area contributed by atoms with E-state index >= 15 is 0 Å². The molecule has 0 heterocycles. The first-order valence-electron chi connectivity index (χ1n) is 5.53. The molecule has 0 unspecified atom stereocenters. The Morgan fingerprint density at radius 1 is 1.41 bits per heavy atom. The van der Waals surface area contributed by atoms with Crippen LogP contribution in [0.2, 0.25) is 0 Å². The fourth-order valence-corrected chi connectivity index (χ4v) is 1.32. The summed E-state index contributed by atoms with van der Waals surface area (Å²) in [5, 5.41) is 21.8. The molecule has 1 aromatic rings. The smallest absolute Gasteiger partial charge is 0.123 e. The van der Waals surface area contributed by atoms with Crippen LogP contribution in [0.4, 0.5) is 0 Å². The van der Waals surface area contributed by atoms with Gasteiger partial charge in [0.1, 0.15) is 11.5 Å². The van der Waals surface area contributed by atoms with Crippen LogP contribution in [0, 0.1) is 0 Å². The van der Waals surface area contributed by atoms with Gasteiger partial charge in [-0.05, 0) is 13.0 Å². The predicted molar refractivity (Wildman–Crippen MR) is 67.1 cm³/mol. The molecule has 0 aliphatic rings. The standard InChI is InChI=1S/C13H19NO3/c1-10(2)9-17-6-5-14-8-11-3-4-12(15)7-13(11)16/h3-4,7,14-16H,1,5-6,8-9H2,2H3. The van der Waals surface area contributed by atoms with Gasteiger partial charge in [0.25, 0.3) is 0 Å². The van der Waals surface area contributed by atoms with Crippen LogP contribution >= 0.6 is 0 Å². The minimum absolute atomic E-state index is 0.0658. The monoisotopic (exact) mass is 237 g/mol. The Morgan fingerprint density at radius 3 is 2.82 bits per heavy atom. The van der Waals surface area contributed by atoms with Crippen LogP contribution in [0.1, 0.15) is 12.5 Å². The third kappa shape index (κ3) is 5.38. The Hall–Kier alpha value is -1.52. The Morgan fingerprint density at radius 2 is 2.18 bits per heavy atom. The van der Waals surface area contributed by atoms with E-state index in [0.29, 0.717) is 26.3 Å². The number of hydrogen-bond acceptors (Lipinski definition) is 4. The summed E-state index contributed by atoms with van der Waals surface area (Å²) >= 11 is 0. The third-order valence-corrected chi connectivity index (χ3v) is 2.16. The van der Waals surface area contributed by atoms with Gasteiger partial charge in [0.05, 0.1) is 13.2 Å². The summed E-state index contributed by atoms with van der Waals surface area (Å²) in [7, 11) is 0. The maximum absolute atomic E-state index is 9.52. The van der Waals surface area contributed by atoms with E-state index < -0.39 is 0 Å². The minimum atomic E-state index is 0.0658. The second-order valence-electron chi connectivity index (χ2n) is 4.00. The summed E-state index contributed by atoms with van der Waals surface area (Å²) in [6, 6.07) is 4.56. The Kier molecular flexibility index (Phi) is 5.52. The maximum Gasteiger partial charge on any atom is 0.123 e. The highest BCUT2D eigenvalue weighted by molar-refractivity contribution is 5.38. The molecule has 4 nitrogen and oxygen atoms in total. The van der Waals surface area contributed by atoms with Gasteiger partial charge in [-0.2, -0.15) is 0 Å². The van der Waals surface area contributed by atoms with E-state index in [0.717, 1.165) is 11.1 Å². The van der Waals surface area contributed by atoms with Crippen molar-refractivity contribution in [2.24, 2.45) is 0 Å². The zero-order valence-electron chi connectivity index (χ0n) is 10.1. The van der Waals surface area contributed by atoms with E-state index in [4.69, 9.17) is 9.84 Å². The zero-order valence-corrected chi connectivity index (χ0v) is 10.1. The molecule has 3 N–H and O–H groups in total. The number of nitrogens with one attached hydrogen (secondary N) is 1. The lowest BCUT2D eigenvalue weighted by molar-refractivity contribution is 0.157. The van der Waals surface area contributed by atoms with Crippen LogP contribution in [-0.2, 0) is 11.3 Å². The molecule has 0 aromatic heterocycles. The van der Waals surface area contributed by atoms with Gasteiger partial charge in [-0.1, -0.05) is 18.2 Å². The average molecular weight is 237 g/mol. The Bertz CT molecular complexity index is 377. The van der Waals surface area contributed by atoms with Crippen LogP contribution < -0.4 is 5.32 Å². The summed E-state index contributed by atoms with van der Waals surface area (Å²) in [4.78, 5) is 0. The normalized spacial score (nSPS) is 10.4. The first kappa shape index (κ1) is 13.5. The number of rotatable bonds is 7. The molecule has 1 aromatic carbocycles. The van der Waals surface area contributed by atoms with Gasteiger partial charge in [-0.3, -0.25) is 0 Å². The van der Waals surface area contributed by atoms with Crippen molar-refractivity contribution < 1.29 is 14.9 Å². The second-order valence-corrected chi connectivity index (χ2v) is 4.00. The predicted octanol–water partition coefficient (Wildman–Crippen LogP) is 1.78. The third-order valence-electron chi connectivity index (χ3n) is 2.16. The van der Waals surface area contributed by atoms with Gasteiger partial charge >= 0.3 is 0 Å². The lowest BCUT2D eigenvalue weighted by Gasteiger charge is -2.07. The molecule has 0 radical (unpaired) electrons. The zero-order chi connectivity index (χ0) is 12.7. The quantitative estimate of drug-likeness (QED) is 0.499. The van der Waals surface area contributed by atoms with Gasteiger partial charge in [-0.25, -0.2) is 0 Å². The lowest BCUT2D eigenvalue weighted by atomic mass is 10.2. The molecule has 0 bridgehead atoms. The molecule has 0 atom stereocenters. The summed E-state index contributed by atoms with van der Waals surface area (Å²) in [5.74, 6) is 0.163. The van der Waals surface area contributed by atoms with E-state index in [1.54, 1.807) is 12.1 Å². The van der Waals surface area contributed by atoms with Crippen molar-refractivity contribution in [1.82, 2.24) is 5.32 Å². The van der Waals surface area contributed by atoms with E-state index in [-0.39, 0.29) is 11.5 Å². The molecule has 0 aliphatic carbocycles. The van der Waals surface area contributed by atoms with E-state index in [1.807, 2.05) is 6.92 Å². The summed E-state index contributed by atoms with van der Waals surface area (Å²) in [6.45, 7) is 8.08. The van der Waals surface area contributed by atoms with Crippen LogP contribution in [0.5, 0.6) is 11.5 Å². The fourth-order valence-electron chi connectivity index (χ4n) is 1.32. The Labute approximate surface area is 102 Å². The molecule has 0 fully saturated rings. The fraction of sp³-hybridized carbons (Fsp3) is 0.385. The van der Waals surface area contributed by atoms with Gasteiger partial charge in [0.15, 0.2) is 0 Å². The number of phenolic OH excluding ortho intramolecular Hbond substituents is 2. The van der Waals surface area contributed by atoms with Crippen molar-refractivity contribution in [3.8, 4) is 11.5 Å². The van der Waals surface area contributed by atoms with Crippen molar-refractivity contribution in [1.29, 1.82) is 0 Å². The molecule has 1 rings (SSSR count). The Balaban J connectivity index is 2.20. The lowest BCUT2D eigenvalue weighted by Crippen LogP contribution is -2.19. The van der Waals surface area contributed by atoms with Gasteiger partial charge in [0.2, 0.25) is 0 Å². The van der Waals surface area contributed by atoms with Crippen molar-refractivity contribution >= 4 is 0 Å². The van der Waals surface area contributed by atoms with Gasteiger partial charge in [-0.15, -0.1) is 0 Å². The van der Waals surface area contributed by atoms with Crippen LogP contribution in [0.3, 0.4) is 0 Å². The first-order chi connectivity index (χ1) is 8.09. The molecular formula is C13H19NO3. The molecule has 0 aliphatic heterocycles. The van der Waals surface area contributed by atoms with E-state index in [1.165, 1.54) is 6.07 Å². The number of aromatic hydroxyl groups is 2. The maximum atomic E-state index is 9.52. The van der Waals surface area contributed by atoms with E-state index in [9.17, 15) is 5.11 Å². The number of hydrogen-bond donors (Lipinski definition) is 3. The van der Waals surface area contributed by atoms with Crippen molar-refractivity contribution in [3.05, 3.63) is 35.9 Å². The second kappa shape index (κ2) is 6.93. The molecule has 0 spiro atoms. The van der Waals surface area contributed by atoms with E-state index in [2.05, 4.69) is 11.9 Å². The number of benzene rings is 1. The molecule has 0 saturated carbocycles. The number of ether oxygens (including phenoxy) is 1. The molecule has 0 saturated heterocycles. The molecule has 94 valence electrons.